The molecular weight excluding hydrogens is 306 g/mol. The molecule has 2 aromatic rings. The van der Waals surface area contributed by atoms with Crippen molar-refractivity contribution in [3.05, 3.63) is 59.7 Å². The van der Waals surface area contributed by atoms with Crippen molar-refractivity contribution in [1.29, 1.82) is 0 Å². The molecule has 3 N–H and O–H groups in total. The Kier molecular flexibility index (Phi) is 6.35. The van der Waals surface area contributed by atoms with E-state index in [9.17, 15) is 0 Å². The lowest BCUT2D eigenvalue weighted by molar-refractivity contribution is 0.479. The van der Waals surface area contributed by atoms with Gasteiger partial charge in [0.15, 0.2) is 0 Å². The standard InChI is InChI=1S/C22H31N3/c1-17(2)19-5-9-20(10-6-19)24-16-11-18-3-7-21(8-4-18)25-22-12-14-23-15-13-22/h3-10,17,22-25H,11-16H2,1-2H3. The minimum Gasteiger partial charge on any atom is -0.385 e. The lowest BCUT2D eigenvalue weighted by Crippen LogP contribution is -2.35. The van der Waals surface area contributed by atoms with Crippen LogP contribution in [0.4, 0.5) is 11.4 Å². The highest BCUT2D eigenvalue weighted by molar-refractivity contribution is 5.47. The van der Waals surface area contributed by atoms with Gasteiger partial charge < -0.3 is 16.0 Å². The zero-order valence-corrected chi connectivity index (χ0v) is 15.5. The topological polar surface area (TPSA) is 36.1 Å². The van der Waals surface area contributed by atoms with Crippen LogP contribution in [0.1, 0.15) is 43.7 Å². The normalized spacial score (nSPS) is 15.3. The molecular formula is C22H31N3. The maximum Gasteiger partial charge on any atom is 0.0342 e. The summed E-state index contributed by atoms with van der Waals surface area (Å²) in [6.07, 6.45) is 3.46. The predicted octanol–water partition coefficient (Wildman–Crippen LogP) is 4.63. The largest absolute Gasteiger partial charge is 0.385 e. The fraction of sp³-hybridized carbons (Fsp3) is 0.455. The highest BCUT2D eigenvalue weighted by Crippen LogP contribution is 2.18. The van der Waals surface area contributed by atoms with Gasteiger partial charge >= 0.3 is 0 Å². The van der Waals surface area contributed by atoms with Crippen molar-refractivity contribution in [1.82, 2.24) is 5.32 Å². The molecule has 0 radical (unpaired) electrons. The monoisotopic (exact) mass is 337 g/mol. The van der Waals surface area contributed by atoms with E-state index in [-0.39, 0.29) is 0 Å². The highest BCUT2D eigenvalue weighted by atomic mass is 15.0. The molecule has 2 aromatic carbocycles. The molecule has 0 saturated carbocycles. The number of rotatable bonds is 7. The summed E-state index contributed by atoms with van der Waals surface area (Å²) in [7, 11) is 0. The molecule has 1 aliphatic rings. The summed E-state index contributed by atoms with van der Waals surface area (Å²) in [6, 6.07) is 18.3. The van der Waals surface area contributed by atoms with Gasteiger partial charge in [-0.2, -0.15) is 0 Å². The molecule has 1 saturated heterocycles. The first-order chi connectivity index (χ1) is 12.2. The molecule has 0 amide bonds. The Morgan fingerprint density at radius 1 is 0.920 bits per heavy atom. The van der Waals surface area contributed by atoms with Crippen LogP contribution in [0, 0.1) is 0 Å². The minimum atomic E-state index is 0.589. The number of hydrogen-bond donors (Lipinski definition) is 3. The third-order valence-electron chi connectivity index (χ3n) is 4.98. The van der Waals surface area contributed by atoms with Crippen molar-refractivity contribution in [2.24, 2.45) is 0 Å². The molecule has 3 rings (SSSR count). The fourth-order valence-corrected chi connectivity index (χ4v) is 3.31. The van der Waals surface area contributed by atoms with Crippen molar-refractivity contribution in [2.75, 3.05) is 30.3 Å². The van der Waals surface area contributed by atoms with E-state index in [4.69, 9.17) is 0 Å². The number of nitrogens with one attached hydrogen (secondary N) is 3. The van der Waals surface area contributed by atoms with Gasteiger partial charge in [0.1, 0.15) is 0 Å². The first kappa shape index (κ1) is 17.8. The molecule has 0 unspecified atom stereocenters. The molecule has 0 bridgehead atoms. The lowest BCUT2D eigenvalue weighted by Gasteiger charge is -2.24. The molecule has 0 atom stereocenters. The molecule has 1 heterocycles. The summed E-state index contributed by atoms with van der Waals surface area (Å²) in [5.74, 6) is 0.589. The van der Waals surface area contributed by atoms with Crippen LogP contribution in [-0.2, 0) is 6.42 Å². The molecule has 3 heteroatoms. The van der Waals surface area contributed by atoms with Gasteiger partial charge in [0.2, 0.25) is 0 Å². The Morgan fingerprint density at radius 2 is 1.56 bits per heavy atom. The quantitative estimate of drug-likeness (QED) is 0.689. The van der Waals surface area contributed by atoms with Gasteiger partial charge in [-0.25, -0.2) is 0 Å². The molecule has 0 aromatic heterocycles. The van der Waals surface area contributed by atoms with E-state index >= 15 is 0 Å². The summed E-state index contributed by atoms with van der Waals surface area (Å²) in [5, 5.41) is 10.6. The van der Waals surface area contributed by atoms with Crippen molar-refractivity contribution in [2.45, 2.75) is 45.1 Å². The highest BCUT2D eigenvalue weighted by Gasteiger charge is 2.12. The summed E-state index contributed by atoms with van der Waals surface area (Å²) in [6.45, 7) is 7.67. The Hall–Kier alpha value is -2.00. The van der Waals surface area contributed by atoms with Crippen molar-refractivity contribution in [3.63, 3.8) is 0 Å². The lowest BCUT2D eigenvalue weighted by atomic mass is 10.0. The van der Waals surface area contributed by atoms with Gasteiger partial charge in [-0.05, 0) is 73.7 Å². The Labute approximate surface area is 152 Å². The van der Waals surface area contributed by atoms with Crippen LogP contribution in [0.2, 0.25) is 0 Å². The summed E-state index contributed by atoms with van der Waals surface area (Å²) in [5.41, 5.74) is 5.21. The number of piperidine rings is 1. The Morgan fingerprint density at radius 3 is 2.20 bits per heavy atom. The van der Waals surface area contributed by atoms with E-state index in [0.29, 0.717) is 12.0 Å². The van der Waals surface area contributed by atoms with Crippen LogP contribution in [0.25, 0.3) is 0 Å². The van der Waals surface area contributed by atoms with Crippen LogP contribution in [-0.4, -0.2) is 25.7 Å². The maximum absolute atomic E-state index is 3.65. The van der Waals surface area contributed by atoms with Crippen LogP contribution >= 0.6 is 0 Å². The van der Waals surface area contributed by atoms with E-state index in [2.05, 4.69) is 78.3 Å². The molecule has 134 valence electrons. The molecule has 3 nitrogen and oxygen atoms in total. The van der Waals surface area contributed by atoms with Crippen LogP contribution in [0.3, 0.4) is 0 Å². The van der Waals surface area contributed by atoms with E-state index in [1.165, 1.54) is 35.3 Å². The smallest absolute Gasteiger partial charge is 0.0342 e. The van der Waals surface area contributed by atoms with E-state index < -0.39 is 0 Å². The zero-order valence-electron chi connectivity index (χ0n) is 15.5. The molecule has 0 spiro atoms. The second-order valence-corrected chi connectivity index (χ2v) is 7.32. The first-order valence-electron chi connectivity index (χ1n) is 9.61. The van der Waals surface area contributed by atoms with E-state index in [1.54, 1.807) is 0 Å². The van der Waals surface area contributed by atoms with Gasteiger partial charge in [-0.3, -0.25) is 0 Å². The van der Waals surface area contributed by atoms with Gasteiger partial charge in [0, 0.05) is 24.0 Å². The maximum atomic E-state index is 3.65. The third-order valence-corrected chi connectivity index (χ3v) is 4.98. The zero-order chi connectivity index (χ0) is 17.5. The van der Waals surface area contributed by atoms with E-state index in [0.717, 1.165) is 26.1 Å². The second kappa shape index (κ2) is 8.91. The number of anilines is 2. The van der Waals surface area contributed by atoms with Crippen LogP contribution in [0.5, 0.6) is 0 Å². The molecule has 0 aliphatic carbocycles. The van der Waals surface area contributed by atoms with Gasteiger partial charge in [-0.1, -0.05) is 38.1 Å². The van der Waals surface area contributed by atoms with Gasteiger partial charge in [-0.15, -0.1) is 0 Å². The summed E-state index contributed by atoms with van der Waals surface area (Å²) >= 11 is 0. The van der Waals surface area contributed by atoms with E-state index in [1.807, 2.05) is 0 Å². The molecule has 1 aliphatic heterocycles. The summed E-state index contributed by atoms with van der Waals surface area (Å²) in [4.78, 5) is 0. The number of hydrogen-bond acceptors (Lipinski definition) is 3. The fourth-order valence-electron chi connectivity index (χ4n) is 3.31. The van der Waals surface area contributed by atoms with Crippen LogP contribution < -0.4 is 16.0 Å². The van der Waals surface area contributed by atoms with Crippen molar-refractivity contribution < 1.29 is 0 Å². The first-order valence-corrected chi connectivity index (χ1v) is 9.61. The van der Waals surface area contributed by atoms with Crippen LogP contribution in [0.15, 0.2) is 48.5 Å². The van der Waals surface area contributed by atoms with Crippen molar-refractivity contribution in [3.8, 4) is 0 Å². The minimum absolute atomic E-state index is 0.589. The summed E-state index contributed by atoms with van der Waals surface area (Å²) < 4.78 is 0. The number of benzene rings is 2. The SMILES string of the molecule is CC(C)c1ccc(NCCc2ccc(NC3CCNCC3)cc2)cc1. The van der Waals surface area contributed by atoms with Crippen molar-refractivity contribution >= 4 is 11.4 Å². The molecule has 25 heavy (non-hydrogen) atoms. The van der Waals surface area contributed by atoms with Gasteiger partial charge in [0.05, 0.1) is 0 Å². The Bertz CT molecular complexity index is 625. The second-order valence-electron chi connectivity index (χ2n) is 7.32. The predicted molar refractivity (Wildman–Crippen MR) is 109 cm³/mol. The molecule has 1 fully saturated rings. The Balaban J connectivity index is 1.43. The third kappa shape index (κ3) is 5.50. The average molecular weight is 338 g/mol. The average Bonchev–Trinajstić information content (AvgIpc) is 2.64. The van der Waals surface area contributed by atoms with Gasteiger partial charge in [0.25, 0.3) is 0 Å².